The van der Waals surface area contributed by atoms with E-state index in [2.05, 4.69) is 23.5 Å². The third-order valence-electron chi connectivity index (χ3n) is 5.82. The quantitative estimate of drug-likeness (QED) is 0.392. The minimum absolute atomic E-state index is 0.149. The number of carbonyl (C=O) groups is 1. The largest absolute Gasteiger partial charge is 0.333 e. The molecule has 32 heavy (non-hydrogen) atoms. The van der Waals surface area contributed by atoms with Crippen molar-refractivity contribution in [1.29, 1.82) is 0 Å². The van der Waals surface area contributed by atoms with Gasteiger partial charge in [-0.15, -0.1) is 0 Å². The number of amides is 1. The molecule has 0 saturated carbocycles. The maximum Gasteiger partial charge on any atom is 0.275 e. The topological polar surface area (TPSA) is 73.0 Å². The second-order valence-corrected chi connectivity index (χ2v) is 8.05. The summed E-state index contributed by atoms with van der Waals surface area (Å²) in [6, 6.07) is 15.2. The third kappa shape index (κ3) is 4.02. The van der Waals surface area contributed by atoms with Gasteiger partial charge >= 0.3 is 0 Å². The van der Waals surface area contributed by atoms with Crippen molar-refractivity contribution in [2.75, 3.05) is 7.05 Å². The van der Waals surface area contributed by atoms with Crippen molar-refractivity contribution >= 4 is 27.7 Å². The zero-order valence-corrected chi connectivity index (χ0v) is 18.9. The summed E-state index contributed by atoms with van der Waals surface area (Å²) in [5.41, 5.74) is 2.12. The van der Waals surface area contributed by atoms with Crippen LogP contribution in [0, 0.1) is 0 Å². The van der Waals surface area contributed by atoms with E-state index in [-0.39, 0.29) is 11.5 Å². The Balaban J connectivity index is 1.70. The summed E-state index contributed by atoms with van der Waals surface area (Å²) in [6.07, 6.45) is 2.92. The molecule has 0 radical (unpaired) electrons. The molecule has 0 saturated heterocycles. The Kier molecular flexibility index (Phi) is 6.35. The van der Waals surface area contributed by atoms with Gasteiger partial charge < -0.3 is 9.47 Å². The highest BCUT2D eigenvalue weighted by Gasteiger charge is 2.22. The molecule has 2 aromatic heterocycles. The lowest BCUT2D eigenvalue weighted by molar-refractivity contribution is 0.0774. The van der Waals surface area contributed by atoms with Crippen LogP contribution in [0.2, 0.25) is 0 Å². The van der Waals surface area contributed by atoms with Gasteiger partial charge in [-0.05, 0) is 31.5 Å². The van der Waals surface area contributed by atoms with Crippen molar-refractivity contribution in [1.82, 2.24) is 24.2 Å². The molecule has 2 heterocycles. The van der Waals surface area contributed by atoms with Gasteiger partial charge in [0.15, 0.2) is 5.69 Å². The zero-order chi connectivity index (χ0) is 22.7. The molecule has 0 atom stereocenters. The van der Waals surface area contributed by atoms with Crippen LogP contribution in [0.3, 0.4) is 0 Å². The average molecular weight is 432 g/mol. The smallest absolute Gasteiger partial charge is 0.275 e. The van der Waals surface area contributed by atoms with Gasteiger partial charge in [-0.3, -0.25) is 9.59 Å². The molecule has 4 aromatic rings. The van der Waals surface area contributed by atoms with Gasteiger partial charge in [0.1, 0.15) is 5.82 Å². The molecule has 7 heteroatoms. The first kappa shape index (κ1) is 21.7. The van der Waals surface area contributed by atoms with Crippen molar-refractivity contribution in [3.8, 4) is 0 Å². The molecule has 7 nitrogen and oxygen atoms in total. The predicted molar refractivity (Wildman–Crippen MR) is 127 cm³/mol. The van der Waals surface area contributed by atoms with Gasteiger partial charge in [0, 0.05) is 25.5 Å². The lowest BCUT2D eigenvalue weighted by Crippen LogP contribution is -2.32. The van der Waals surface area contributed by atoms with E-state index in [0.29, 0.717) is 29.6 Å². The summed E-state index contributed by atoms with van der Waals surface area (Å²) in [5, 5.41) is 5.62. The monoisotopic (exact) mass is 431 g/mol. The van der Waals surface area contributed by atoms with E-state index in [4.69, 9.17) is 4.98 Å². The Morgan fingerprint density at radius 1 is 1.00 bits per heavy atom. The van der Waals surface area contributed by atoms with Crippen molar-refractivity contribution < 1.29 is 4.79 Å². The molecule has 0 aliphatic rings. The number of aryl methyl sites for hydroxylation is 2. The predicted octanol–water partition coefficient (Wildman–Crippen LogP) is 4.23. The number of para-hydroxylation sites is 2. The van der Waals surface area contributed by atoms with Crippen LogP contribution in [0.1, 0.15) is 49.4 Å². The summed E-state index contributed by atoms with van der Waals surface area (Å²) in [6.45, 7) is 5.81. The summed E-state index contributed by atoms with van der Waals surface area (Å²) < 4.78 is 3.57. The minimum atomic E-state index is -0.222. The number of carbonyl (C=O) groups excluding carboxylic acids is 1. The number of hydrogen-bond acceptors (Lipinski definition) is 4. The molecule has 0 unspecified atom stereocenters. The van der Waals surface area contributed by atoms with Crippen LogP contribution in [0.25, 0.3) is 21.8 Å². The van der Waals surface area contributed by atoms with E-state index in [1.807, 2.05) is 36.4 Å². The summed E-state index contributed by atoms with van der Waals surface area (Å²) in [5.74, 6) is 0.602. The van der Waals surface area contributed by atoms with Crippen LogP contribution in [0.15, 0.2) is 53.3 Å². The molecule has 0 spiro atoms. The molecule has 0 fully saturated rings. The number of hydrogen-bond donors (Lipinski definition) is 0. The van der Waals surface area contributed by atoms with Crippen LogP contribution in [0.4, 0.5) is 0 Å². The zero-order valence-electron chi connectivity index (χ0n) is 18.9. The Morgan fingerprint density at radius 3 is 2.47 bits per heavy atom. The van der Waals surface area contributed by atoms with Crippen LogP contribution in [0.5, 0.6) is 0 Å². The number of aromatic nitrogens is 4. The van der Waals surface area contributed by atoms with Gasteiger partial charge in [0.05, 0.1) is 23.0 Å². The first-order valence-corrected chi connectivity index (χ1v) is 11.2. The molecule has 166 valence electrons. The van der Waals surface area contributed by atoms with E-state index >= 15 is 0 Å². The highest BCUT2D eigenvalue weighted by molar-refractivity contribution is 6.04. The van der Waals surface area contributed by atoms with Crippen LogP contribution in [-0.2, 0) is 19.6 Å². The molecular formula is C25H29N5O2. The van der Waals surface area contributed by atoms with E-state index in [9.17, 15) is 9.59 Å². The second-order valence-electron chi connectivity index (χ2n) is 8.05. The maximum atomic E-state index is 13.5. The Hall–Kier alpha value is -3.48. The molecule has 0 aliphatic carbocycles. The Bertz CT molecular complexity index is 1320. The maximum absolute atomic E-state index is 13.5. The number of nitrogens with zero attached hydrogens (tertiary/aromatic N) is 5. The number of unbranched alkanes of at least 4 members (excludes halogenated alkanes) is 2. The van der Waals surface area contributed by atoms with Crippen LogP contribution >= 0.6 is 0 Å². The lowest BCUT2D eigenvalue weighted by atomic mass is 10.1. The molecule has 1 amide bonds. The molecular weight excluding hydrogens is 402 g/mol. The summed E-state index contributed by atoms with van der Waals surface area (Å²) >= 11 is 0. The van der Waals surface area contributed by atoms with Crippen molar-refractivity contribution in [3.05, 3.63) is 70.4 Å². The standard InChI is InChI=1S/C25H29N5O2/c1-4-6-11-16-30-24(31)19-13-8-7-12-18(19)23(27-30)25(32)28(3)17-22-26-20-14-9-10-15-21(20)29(22)5-2/h7-10,12-15H,4-6,11,16-17H2,1-3H3. The number of imidazole rings is 1. The fourth-order valence-electron chi connectivity index (χ4n) is 4.12. The molecule has 0 N–H and O–H groups in total. The highest BCUT2D eigenvalue weighted by atomic mass is 16.2. The van der Waals surface area contributed by atoms with Gasteiger partial charge in [0.25, 0.3) is 11.5 Å². The number of rotatable bonds is 8. The fourth-order valence-corrected chi connectivity index (χ4v) is 4.12. The van der Waals surface area contributed by atoms with Gasteiger partial charge in [-0.2, -0.15) is 5.10 Å². The van der Waals surface area contributed by atoms with Gasteiger partial charge in [-0.25, -0.2) is 9.67 Å². The number of fused-ring (bicyclic) bond motifs is 2. The first-order valence-electron chi connectivity index (χ1n) is 11.2. The SMILES string of the molecule is CCCCCn1nc(C(=O)N(C)Cc2nc3ccccc3n2CC)c2ccccc2c1=O. The van der Waals surface area contributed by atoms with Crippen LogP contribution < -0.4 is 5.56 Å². The minimum Gasteiger partial charge on any atom is -0.333 e. The van der Waals surface area contributed by atoms with Gasteiger partial charge in [0.2, 0.25) is 0 Å². The first-order chi connectivity index (χ1) is 15.5. The van der Waals surface area contributed by atoms with Gasteiger partial charge in [-0.1, -0.05) is 50.1 Å². The molecule has 2 aromatic carbocycles. The second kappa shape index (κ2) is 9.34. The normalized spacial score (nSPS) is 11.3. The lowest BCUT2D eigenvalue weighted by Gasteiger charge is -2.19. The van der Waals surface area contributed by atoms with Crippen molar-refractivity contribution in [2.45, 2.75) is 52.7 Å². The summed E-state index contributed by atoms with van der Waals surface area (Å²) in [4.78, 5) is 32.8. The highest BCUT2D eigenvalue weighted by Crippen LogP contribution is 2.19. The van der Waals surface area contributed by atoms with Crippen molar-refractivity contribution in [3.63, 3.8) is 0 Å². The van der Waals surface area contributed by atoms with E-state index in [1.165, 1.54) is 4.68 Å². The van der Waals surface area contributed by atoms with Crippen molar-refractivity contribution in [2.24, 2.45) is 0 Å². The van der Waals surface area contributed by atoms with E-state index in [0.717, 1.165) is 42.7 Å². The van der Waals surface area contributed by atoms with E-state index in [1.54, 1.807) is 24.1 Å². The third-order valence-corrected chi connectivity index (χ3v) is 5.82. The molecule has 0 aliphatic heterocycles. The fraction of sp³-hybridized carbons (Fsp3) is 0.360. The summed E-state index contributed by atoms with van der Waals surface area (Å²) in [7, 11) is 1.75. The average Bonchev–Trinajstić information content (AvgIpc) is 3.17. The molecule has 0 bridgehead atoms. The Morgan fingerprint density at radius 2 is 1.72 bits per heavy atom. The van der Waals surface area contributed by atoms with E-state index < -0.39 is 0 Å². The Labute approximate surface area is 187 Å². The molecule has 4 rings (SSSR count). The van der Waals surface area contributed by atoms with Crippen LogP contribution in [-0.4, -0.2) is 37.2 Å². The number of benzene rings is 2.